The zero-order valence-corrected chi connectivity index (χ0v) is 24.2. The van der Waals surface area contributed by atoms with Crippen molar-refractivity contribution in [3.05, 3.63) is 77.9 Å². The molecule has 3 rings (SSSR count). The van der Waals surface area contributed by atoms with Crippen LogP contribution in [0.25, 0.3) is 10.8 Å². The number of nitrogens with zero attached hydrogens (tertiary/aromatic N) is 1. The average molecular weight is 548 g/mol. The molecule has 0 spiro atoms. The van der Waals surface area contributed by atoms with Crippen LogP contribution in [0.2, 0.25) is 0 Å². The number of benzene rings is 3. The molecule has 0 saturated heterocycles. The monoisotopic (exact) mass is 547 g/mol. The molecule has 0 aliphatic rings. The van der Waals surface area contributed by atoms with Crippen LogP contribution in [0, 0.1) is 12.8 Å². The lowest BCUT2D eigenvalue weighted by atomic mass is 9.94. The summed E-state index contributed by atoms with van der Waals surface area (Å²) in [7, 11) is 0. The fourth-order valence-corrected chi connectivity index (χ4v) is 4.59. The highest BCUT2D eigenvalue weighted by molar-refractivity contribution is 6.00. The molecule has 0 radical (unpaired) electrons. The van der Waals surface area contributed by atoms with Crippen molar-refractivity contribution in [2.75, 3.05) is 18.5 Å². The molecule has 40 heavy (non-hydrogen) atoms. The summed E-state index contributed by atoms with van der Waals surface area (Å²) in [6.45, 7) is 10.4. The lowest BCUT2D eigenvalue weighted by Gasteiger charge is -2.36. The van der Waals surface area contributed by atoms with E-state index in [9.17, 15) is 19.5 Å². The lowest BCUT2D eigenvalue weighted by molar-refractivity contribution is -0.142. The fraction of sp³-hybridized carbons (Fsp3) is 0.406. The van der Waals surface area contributed by atoms with Crippen LogP contribution >= 0.6 is 0 Å². The standard InChI is InChI=1S/C32H41N3O5/c1-7-21(2)27(34-31(39)40-32(4,5)6)30(38)35(18-19-36)28(26-15-11-8-12-22(26)3)29(37)33-25-17-16-23-13-9-10-14-24(23)20-25/h8-17,20-21,27-28,36H,7,18-19H2,1-6H3,(H,33,37)(H,34,39). The quantitative estimate of drug-likeness (QED) is 0.307. The molecule has 0 aromatic heterocycles. The number of hydrogen-bond acceptors (Lipinski definition) is 5. The van der Waals surface area contributed by atoms with Crippen molar-refractivity contribution in [1.29, 1.82) is 0 Å². The van der Waals surface area contributed by atoms with Gasteiger partial charge in [0.2, 0.25) is 5.91 Å². The summed E-state index contributed by atoms with van der Waals surface area (Å²) >= 11 is 0. The van der Waals surface area contributed by atoms with Gasteiger partial charge in [0.05, 0.1) is 6.61 Å². The maximum absolute atomic E-state index is 14.2. The van der Waals surface area contributed by atoms with E-state index in [1.165, 1.54) is 4.90 Å². The number of ether oxygens (including phenoxy) is 1. The Balaban J connectivity index is 2.02. The molecule has 8 nitrogen and oxygen atoms in total. The number of anilines is 1. The number of carbonyl (C=O) groups excluding carboxylic acids is 3. The molecule has 3 unspecified atom stereocenters. The molecular formula is C32H41N3O5. The van der Waals surface area contributed by atoms with E-state index >= 15 is 0 Å². The van der Waals surface area contributed by atoms with Crippen LogP contribution in [0.3, 0.4) is 0 Å². The summed E-state index contributed by atoms with van der Waals surface area (Å²) in [6.07, 6.45) is -0.125. The third kappa shape index (κ3) is 7.82. The number of rotatable bonds is 10. The van der Waals surface area contributed by atoms with Gasteiger partial charge in [-0.3, -0.25) is 9.59 Å². The maximum atomic E-state index is 14.2. The second-order valence-corrected chi connectivity index (χ2v) is 11.1. The van der Waals surface area contributed by atoms with Crippen LogP contribution in [0.4, 0.5) is 10.5 Å². The fourth-order valence-electron chi connectivity index (χ4n) is 4.59. The van der Waals surface area contributed by atoms with E-state index < -0.39 is 35.6 Å². The molecule has 0 heterocycles. The molecule has 0 saturated carbocycles. The van der Waals surface area contributed by atoms with Crippen molar-refractivity contribution in [3.8, 4) is 0 Å². The highest BCUT2D eigenvalue weighted by atomic mass is 16.6. The smallest absolute Gasteiger partial charge is 0.408 e. The molecule has 3 atom stereocenters. The minimum atomic E-state index is -1.06. The number of nitrogens with one attached hydrogen (secondary N) is 2. The summed E-state index contributed by atoms with van der Waals surface area (Å²) in [5.41, 5.74) is 1.28. The van der Waals surface area contributed by atoms with E-state index in [-0.39, 0.29) is 19.1 Å². The number of aryl methyl sites for hydroxylation is 1. The van der Waals surface area contributed by atoms with E-state index in [2.05, 4.69) is 10.6 Å². The predicted octanol–water partition coefficient (Wildman–Crippen LogP) is 5.59. The second-order valence-electron chi connectivity index (χ2n) is 11.1. The van der Waals surface area contributed by atoms with Gasteiger partial charge >= 0.3 is 6.09 Å². The van der Waals surface area contributed by atoms with Gasteiger partial charge in [-0.25, -0.2) is 4.79 Å². The highest BCUT2D eigenvalue weighted by Gasteiger charge is 2.38. The number of hydrogen-bond donors (Lipinski definition) is 3. The van der Waals surface area contributed by atoms with Gasteiger partial charge in [-0.15, -0.1) is 0 Å². The Labute approximate surface area is 236 Å². The van der Waals surface area contributed by atoms with Crippen molar-refractivity contribution < 1.29 is 24.2 Å². The first-order valence-corrected chi connectivity index (χ1v) is 13.7. The number of fused-ring (bicyclic) bond motifs is 1. The first-order valence-electron chi connectivity index (χ1n) is 13.7. The minimum Gasteiger partial charge on any atom is -0.444 e. The van der Waals surface area contributed by atoms with E-state index in [0.717, 1.165) is 16.3 Å². The van der Waals surface area contributed by atoms with E-state index in [0.29, 0.717) is 17.7 Å². The summed E-state index contributed by atoms with van der Waals surface area (Å²) in [5.74, 6) is -1.16. The van der Waals surface area contributed by atoms with Gasteiger partial charge in [-0.05, 0) is 67.6 Å². The Morgan fingerprint density at radius 3 is 2.25 bits per heavy atom. The SMILES string of the molecule is CCC(C)C(NC(=O)OC(C)(C)C)C(=O)N(CCO)C(C(=O)Nc1ccc2ccccc2c1)c1ccccc1C. The van der Waals surface area contributed by atoms with Crippen LogP contribution in [-0.2, 0) is 14.3 Å². The van der Waals surface area contributed by atoms with Gasteiger partial charge in [-0.2, -0.15) is 0 Å². The van der Waals surface area contributed by atoms with Gasteiger partial charge < -0.3 is 25.4 Å². The number of aliphatic hydroxyl groups excluding tert-OH is 1. The van der Waals surface area contributed by atoms with Gasteiger partial charge in [0.1, 0.15) is 17.7 Å². The molecule has 3 N–H and O–H groups in total. The Hall–Kier alpha value is -3.91. The third-order valence-corrected chi connectivity index (χ3v) is 6.84. The van der Waals surface area contributed by atoms with Crippen LogP contribution in [0.1, 0.15) is 58.2 Å². The van der Waals surface area contributed by atoms with Crippen molar-refractivity contribution in [3.63, 3.8) is 0 Å². The maximum Gasteiger partial charge on any atom is 0.408 e. The zero-order valence-electron chi connectivity index (χ0n) is 24.2. The molecular weight excluding hydrogens is 506 g/mol. The molecule has 8 heteroatoms. The molecule has 0 aliphatic heterocycles. The Bertz CT molecular complexity index is 1330. The van der Waals surface area contributed by atoms with Crippen LogP contribution in [0.15, 0.2) is 66.7 Å². The minimum absolute atomic E-state index is 0.105. The van der Waals surface area contributed by atoms with Crippen LogP contribution in [0.5, 0.6) is 0 Å². The van der Waals surface area contributed by atoms with Crippen molar-refractivity contribution >= 4 is 34.4 Å². The van der Waals surface area contributed by atoms with Gasteiger partial charge in [0, 0.05) is 12.2 Å². The van der Waals surface area contributed by atoms with E-state index in [1.807, 2.05) is 81.4 Å². The first kappa shape index (κ1) is 30.6. The number of aliphatic hydroxyl groups is 1. The lowest BCUT2D eigenvalue weighted by Crippen LogP contribution is -2.55. The number of amides is 3. The summed E-state index contributed by atoms with van der Waals surface area (Å²) in [6, 6.07) is 18.8. The Morgan fingerprint density at radius 2 is 1.62 bits per heavy atom. The van der Waals surface area contributed by atoms with E-state index in [1.54, 1.807) is 26.8 Å². The zero-order chi connectivity index (χ0) is 29.4. The summed E-state index contributed by atoms with van der Waals surface area (Å²) in [4.78, 5) is 42.2. The average Bonchev–Trinajstić information content (AvgIpc) is 2.90. The van der Waals surface area contributed by atoms with Crippen molar-refractivity contribution in [1.82, 2.24) is 10.2 Å². The molecule has 3 aromatic carbocycles. The van der Waals surface area contributed by atoms with Crippen LogP contribution in [-0.4, -0.2) is 52.7 Å². The molecule has 0 bridgehead atoms. The van der Waals surface area contributed by atoms with Gasteiger partial charge in [-0.1, -0.05) is 74.9 Å². The molecule has 214 valence electrons. The highest BCUT2D eigenvalue weighted by Crippen LogP contribution is 2.29. The first-order chi connectivity index (χ1) is 18.9. The molecule has 0 fully saturated rings. The normalized spacial score (nSPS) is 13.7. The van der Waals surface area contributed by atoms with E-state index in [4.69, 9.17) is 4.74 Å². The summed E-state index contributed by atoms with van der Waals surface area (Å²) < 4.78 is 5.43. The number of alkyl carbamates (subject to hydrolysis) is 1. The largest absolute Gasteiger partial charge is 0.444 e. The van der Waals surface area contributed by atoms with Crippen molar-refractivity contribution in [2.45, 2.75) is 65.6 Å². The van der Waals surface area contributed by atoms with Gasteiger partial charge in [0.15, 0.2) is 0 Å². The topological polar surface area (TPSA) is 108 Å². The second kappa shape index (κ2) is 13.4. The molecule has 3 aromatic rings. The predicted molar refractivity (Wildman–Crippen MR) is 158 cm³/mol. The van der Waals surface area contributed by atoms with Crippen molar-refractivity contribution in [2.24, 2.45) is 5.92 Å². The Morgan fingerprint density at radius 1 is 0.975 bits per heavy atom. The molecule has 3 amide bonds. The van der Waals surface area contributed by atoms with Crippen LogP contribution < -0.4 is 10.6 Å². The van der Waals surface area contributed by atoms with Gasteiger partial charge in [0.25, 0.3) is 5.91 Å². The molecule has 0 aliphatic carbocycles. The third-order valence-electron chi connectivity index (χ3n) is 6.84. The Kier molecular flexibility index (Phi) is 10.3. The number of carbonyl (C=O) groups is 3. The summed E-state index contributed by atoms with van der Waals surface area (Å²) in [5, 5.41) is 17.7.